The Morgan fingerprint density at radius 2 is 1.89 bits per heavy atom. The van der Waals surface area contributed by atoms with Crippen LogP contribution in [0.25, 0.3) is 5.69 Å². The predicted octanol–water partition coefficient (Wildman–Crippen LogP) is 3.88. The van der Waals surface area contributed by atoms with Gasteiger partial charge in [-0.3, -0.25) is 9.88 Å². The molecule has 5 rings (SSSR count). The number of ether oxygens (including phenoxy) is 1. The second kappa shape index (κ2) is 11.0. The normalized spacial score (nSPS) is 20.3. The second-order valence-corrected chi connectivity index (χ2v) is 10.0. The summed E-state index contributed by atoms with van der Waals surface area (Å²) in [5.41, 5.74) is 5.56. The molecule has 0 spiro atoms. The van der Waals surface area contributed by atoms with Crippen LogP contribution in [0.4, 0.5) is 0 Å². The summed E-state index contributed by atoms with van der Waals surface area (Å²) in [6.45, 7) is 9.61. The number of aromatic nitrogens is 2. The fourth-order valence-corrected chi connectivity index (χ4v) is 5.84. The van der Waals surface area contributed by atoms with E-state index in [0.717, 1.165) is 73.7 Å². The van der Waals surface area contributed by atoms with Gasteiger partial charge in [-0.25, -0.2) is 4.79 Å². The van der Waals surface area contributed by atoms with Crippen LogP contribution in [0.3, 0.4) is 0 Å². The first-order chi connectivity index (χ1) is 17.9. The zero-order valence-electron chi connectivity index (χ0n) is 21.3. The second-order valence-electron chi connectivity index (χ2n) is 9.64. The van der Waals surface area contributed by atoms with Gasteiger partial charge >= 0.3 is 5.97 Å². The minimum absolute atomic E-state index is 0.00895. The molecule has 4 heterocycles. The fraction of sp³-hybridized carbons (Fsp3) is 0.393. The number of morpholine rings is 1. The highest BCUT2D eigenvalue weighted by atomic mass is 32.1. The van der Waals surface area contributed by atoms with Gasteiger partial charge in [0, 0.05) is 49.5 Å². The molecule has 0 bridgehead atoms. The van der Waals surface area contributed by atoms with Crippen LogP contribution in [-0.4, -0.2) is 74.9 Å². The summed E-state index contributed by atoms with van der Waals surface area (Å²) >= 11 is 5.87. The maximum atomic E-state index is 11.3. The summed E-state index contributed by atoms with van der Waals surface area (Å²) in [6.07, 6.45) is 2.83. The van der Waals surface area contributed by atoms with Crippen LogP contribution in [0.5, 0.6) is 0 Å². The highest BCUT2D eigenvalue weighted by molar-refractivity contribution is 7.80. The number of carbonyl (C=O) groups is 1. The largest absolute Gasteiger partial charge is 0.478 e. The number of aryl methyl sites for hydroxylation is 1. The highest BCUT2D eigenvalue weighted by Gasteiger charge is 2.41. The summed E-state index contributed by atoms with van der Waals surface area (Å²) in [5, 5.41) is 13.6. The van der Waals surface area contributed by atoms with Gasteiger partial charge in [0.1, 0.15) is 0 Å². The Labute approximate surface area is 222 Å². The zero-order chi connectivity index (χ0) is 25.9. The van der Waals surface area contributed by atoms with Crippen LogP contribution < -0.4 is 5.32 Å². The van der Waals surface area contributed by atoms with Gasteiger partial charge < -0.3 is 24.6 Å². The van der Waals surface area contributed by atoms with Gasteiger partial charge in [-0.2, -0.15) is 0 Å². The smallest absolute Gasteiger partial charge is 0.335 e. The monoisotopic (exact) mass is 519 g/mol. The summed E-state index contributed by atoms with van der Waals surface area (Å²) in [4.78, 5) is 20.8. The number of thiocarbonyl (C=S) groups is 1. The number of rotatable bonds is 8. The first-order valence-corrected chi connectivity index (χ1v) is 13.2. The molecule has 2 aliphatic heterocycles. The minimum Gasteiger partial charge on any atom is -0.478 e. The molecule has 0 saturated carbocycles. The molecule has 2 atom stereocenters. The third-order valence-electron chi connectivity index (χ3n) is 7.34. The molecular formula is C28H33N5O3S. The van der Waals surface area contributed by atoms with Gasteiger partial charge in [-0.15, -0.1) is 0 Å². The first kappa shape index (κ1) is 25.4. The van der Waals surface area contributed by atoms with Crippen LogP contribution in [0.1, 0.15) is 51.5 Å². The van der Waals surface area contributed by atoms with Crippen LogP contribution in [0, 0.1) is 13.8 Å². The maximum Gasteiger partial charge on any atom is 0.335 e. The van der Waals surface area contributed by atoms with E-state index in [4.69, 9.17) is 17.0 Å². The van der Waals surface area contributed by atoms with Gasteiger partial charge in [-0.1, -0.05) is 6.07 Å². The lowest BCUT2D eigenvalue weighted by molar-refractivity contribution is 0.0365. The van der Waals surface area contributed by atoms with Crippen molar-refractivity contribution in [3.8, 4) is 5.69 Å². The van der Waals surface area contributed by atoms with Crippen LogP contribution in [-0.2, 0) is 4.74 Å². The Hall–Kier alpha value is -3.27. The van der Waals surface area contributed by atoms with Gasteiger partial charge in [0.25, 0.3) is 0 Å². The van der Waals surface area contributed by atoms with E-state index < -0.39 is 5.97 Å². The SMILES string of the molecule is Cc1cc([C@H]2[C@H](c3ccccn3)NC(=S)N2CCCN2CCOCC2)c(C)n1-c1ccc(C(=O)O)cc1. The van der Waals surface area contributed by atoms with Crippen molar-refractivity contribution < 1.29 is 14.6 Å². The maximum absolute atomic E-state index is 11.3. The van der Waals surface area contributed by atoms with Crippen molar-refractivity contribution in [2.75, 3.05) is 39.4 Å². The predicted molar refractivity (Wildman–Crippen MR) is 146 cm³/mol. The average molecular weight is 520 g/mol. The molecular weight excluding hydrogens is 486 g/mol. The molecule has 0 unspecified atom stereocenters. The Morgan fingerprint density at radius 1 is 1.14 bits per heavy atom. The summed E-state index contributed by atoms with van der Waals surface area (Å²) in [6, 6.07) is 15.2. The molecule has 0 amide bonds. The van der Waals surface area contributed by atoms with Crippen molar-refractivity contribution in [3.63, 3.8) is 0 Å². The number of benzene rings is 1. The molecule has 2 aliphatic rings. The molecule has 1 aromatic carbocycles. The van der Waals surface area contributed by atoms with E-state index in [2.05, 4.69) is 44.6 Å². The Balaban J connectivity index is 1.47. The molecule has 8 nitrogen and oxygen atoms in total. The van der Waals surface area contributed by atoms with Crippen molar-refractivity contribution in [2.24, 2.45) is 0 Å². The summed E-state index contributed by atoms with van der Waals surface area (Å²) < 4.78 is 7.68. The number of carboxylic acids is 1. The van der Waals surface area contributed by atoms with Crippen molar-refractivity contribution >= 4 is 23.3 Å². The van der Waals surface area contributed by atoms with Crippen molar-refractivity contribution in [2.45, 2.75) is 32.4 Å². The molecule has 194 valence electrons. The van der Waals surface area contributed by atoms with Gasteiger partial charge in [0.15, 0.2) is 5.11 Å². The van der Waals surface area contributed by atoms with Crippen LogP contribution >= 0.6 is 12.2 Å². The summed E-state index contributed by atoms with van der Waals surface area (Å²) in [7, 11) is 0. The van der Waals surface area contributed by atoms with Gasteiger partial charge in [0.2, 0.25) is 0 Å². The van der Waals surface area contributed by atoms with E-state index in [-0.39, 0.29) is 17.6 Å². The topological polar surface area (TPSA) is 82.9 Å². The Kier molecular flexibility index (Phi) is 7.55. The third-order valence-corrected chi connectivity index (χ3v) is 7.69. The average Bonchev–Trinajstić information content (AvgIpc) is 3.39. The Bertz CT molecular complexity index is 1250. The van der Waals surface area contributed by atoms with Crippen LogP contribution in [0.2, 0.25) is 0 Å². The van der Waals surface area contributed by atoms with E-state index in [9.17, 15) is 9.90 Å². The quantitative estimate of drug-likeness (QED) is 0.434. The van der Waals surface area contributed by atoms with Crippen molar-refractivity contribution in [1.82, 2.24) is 24.7 Å². The first-order valence-electron chi connectivity index (χ1n) is 12.7. The summed E-state index contributed by atoms with van der Waals surface area (Å²) in [5.74, 6) is -0.926. The molecule has 2 saturated heterocycles. The lowest BCUT2D eigenvalue weighted by Crippen LogP contribution is -2.39. The lowest BCUT2D eigenvalue weighted by Gasteiger charge is -2.30. The molecule has 2 N–H and O–H groups in total. The van der Waals surface area contributed by atoms with Gasteiger partial charge in [0.05, 0.1) is 36.6 Å². The number of hydrogen-bond donors (Lipinski definition) is 2. The molecule has 3 aromatic rings. The zero-order valence-corrected chi connectivity index (χ0v) is 22.1. The third kappa shape index (κ3) is 5.25. The molecule has 2 aromatic heterocycles. The standard InChI is InChI=1S/C28H33N5O3S/c1-19-18-23(20(2)33(19)22-9-7-21(8-10-22)27(34)35)26-25(24-6-3-4-11-29-24)30-28(37)32(26)13-5-12-31-14-16-36-17-15-31/h3-4,6-11,18,25-26H,5,12-17H2,1-2H3,(H,30,37)(H,34,35)/t25-,26-/m0/s1. The van der Waals surface area contributed by atoms with Crippen molar-refractivity contribution in [1.29, 1.82) is 0 Å². The number of nitrogens with one attached hydrogen (secondary N) is 1. The van der Waals surface area contributed by atoms with Crippen LogP contribution in [0.15, 0.2) is 54.7 Å². The minimum atomic E-state index is -0.926. The van der Waals surface area contributed by atoms with Crippen molar-refractivity contribution in [3.05, 3.63) is 82.9 Å². The van der Waals surface area contributed by atoms with E-state index >= 15 is 0 Å². The molecule has 2 fully saturated rings. The van der Waals surface area contributed by atoms with E-state index in [1.807, 2.05) is 36.5 Å². The van der Waals surface area contributed by atoms with E-state index in [1.165, 1.54) is 5.56 Å². The number of hydrogen-bond acceptors (Lipinski definition) is 5. The number of nitrogens with zero attached hydrogens (tertiary/aromatic N) is 4. The number of pyridine rings is 1. The molecule has 0 radical (unpaired) electrons. The lowest BCUT2D eigenvalue weighted by atomic mass is 9.96. The number of aromatic carboxylic acids is 1. The molecule has 9 heteroatoms. The molecule has 0 aliphatic carbocycles. The Morgan fingerprint density at radius 3 is 2.57 bits per heavy atom. The fourth-order valence-electron chi connectivity index (χ4n) is 5.51. The number of carboxylic acid groups (broad SMARTS) is 1. The van der Waals surface area contributed by atoms with Gasteiger partial charge in [-0.05, 0) is 80.5 Å². The highest BCUT2D eigenvalue weighted by Crippen LogP contribution is 2.41. The van der Waals surface area contributed by atoms with E-state index in [0.29, 0.717) is 0 Å². The molecule has 37 heavy (non-hydrogen) atoms. The van der Waals surface area contributed by atoms with E-state index in [1.54, 1.807) is 12.1 Å².